The average Bonchev–Trinajstić information content (AvgIpc) is 2.36. The summed E-state index contributed by atoms with van der Waals surface area (Å²) >= 11 is 0. The van der Waals surface area contributed by atoms with E-state index in [2.05, 4.69) is 18.8 Å². The zero-order valence-electron chi connectivity index (χ0n) is 10.4. The molecule has 0 aliphatic carbocycles. The van der Waals surface area contributed by atoms with Crippen molar-refractivity contribution in [3.05, 3.63) is 42.0 Å². The van der Waals surface area contributed by atoms with Gasteiger partial charge in [0.25, 0.3) is 0 Å². The van der Waals surface area contributed by atoms with Crippen LogP contribution in [-0.2, 0) is 0 Å². The lowest BCUT2D eigenvalue weighted by Gasteiger charge is -2.01. The van der Waals surface area contributed by atoms with Crippen LogP contribution in [0.25, 0.3) is 6.08 Å². The summed E-state index contributed by atoms with van der Waals surface area (Å²) in [6, 6.07) is 10.1. The lowest BCUT2D eigenvalue weighted by molar-refractivity contribution is 0.184. The number of unbranched alkanes of at least 4 members (excludes halogenated alkanes) is 1. The van der Waals surface area contributed by atoms with E-state index in [-0.39, 0.29) is 6.10 Å². The monoisotopic (exact) mass is 228 g/mol. The van der Waals surface area contributed by atoms with Crippen LogP contribution in [-0.4, -0.2) is 11.2 Å². The molecule has 90 valence electrons. The Morgan fingerprint density at radius 2 is 2.00 bits per heavy atom. The maximum Gasteiger partial charge on any atom is 0.0683 e. The van der Waals surface area contributed by atoms with Gasteiger partial charge in [0, 0.05) is 12.8 Å². The second-order valence-corrected chi connectivity index (χ2v) is 4.01. The largest absolute Gasteiger partial charge is 0.392 e. The molecule has 1 unspecified atom stereocenters. The van der Waals surface area contributed by atoms with Gasteiger partial charge in [-0.3, -0.25) is 0 Å². The number of hydrogen-bond donors (Lipinski definition) is 1. The van der Waals surface area contributed by atoms with Crippen LogP contribution in [0.15, 0.2) is 36.4 Å². The van der Waals surface area contributed by atoms with E-state index in [0.717, 1.165) is 18.4 Å². The lowest BCUT2D eigenvalue weighted by Crippen LogP contribution is -2.02. The Labute approximate surface area is 104 Å². The van der Waals surface area contributed by atoms with Gasteiger partial charge in [0.05, 0.1) is 6.10 Å². The minimum Gasteiger partial charge on any atom is -0.392 e. The number of aliphatic hydroxyl groups excluding tert-OH is 1. The van der Waals surface area contributed by atoms with Gasteiger partial charge < -0.3 is 5.11 Å². The Bertz CT molecular complexity index is 381. The van der Waals surface area contributed by atoms with Crippen molar-refractivity contribution in [2.45, 2.75) is 38.7 Å². The molecular weight excluding hydrogens is 208 g/mol. The second-order valence-electron chi connectivity index (χ2n) is 4.01. The van der Waals surface area contributed by atoms with E-state index in [1.807, 2.05) is 42.5 Å². The Balaban J connectivity index is 2.27. The molecule has 0 spiro atoms. The van der Waals surface area contributed by atoms with E-state index >= 15 is 0 Å². The quantitative estimate of drug-likeness (QED) is 0.763. The molecule has 0 aliphatic heterocycles. The summed E-state index contributed by atoms with van der Waals surface area (Å²) in [5, 5.41) is 9.67. The third-order valence-corrected chi connectivity index (χ3v) is 2.36. The number of hydrogen-bond acceptors (Lipinski definition) is 1. The minimum absolute atomic E-state index is 0.348. The van der Waals surface area contributed by atoms with Crippen molar-refractivity contribution in [2.24, 2.45) is 0 Å². The first-order valence-corrected chi connectivity index (χ1v) is 6.18. The molecule has 1 atom stereocenters. The SMILES string of the molecule is CCCC#CCC(O)CC=Cc1ccccc1. The third-order valence-electron chi connectivity index (χ3n) is 2.36. The van der Waals surface area contributed by atoms with Crippen molar-refractivity contribution in [2.75, 3.05) is 0 Å². The van der Waals surface area contributed by atoms with E-state index in [4.69, 9.17) is 0 Å². The normalized spacial score (nSPS) is 12.1. The van der Waals surface area contributed by atoms with Crippen LogP contribution in [0.4, 0.5) is 0 Å². The second kappa shape index (κ2) is 8.61. The first-order chi connectivity index (χ1) is 8.33. The predicted octanol–water partition coefficient (Wildman–Crippen LogP) is 3.64. The molecule has 0 heterocycles. The maximum atomic E-state index is 9.67. The Hall–Kier alpha value is -1.52. The molecule has 1 aromatic carbocycles. The van der Waals surface area contributed by atoms with Crippen LogP contribution in [0.5, 0.6) is 0 Å². The molecule has 0 bridgehead atoms. The molecular formula is C16H20O. The molecule has 1 rings (SSSR count). The van der Waals surface area contributed by atoms with Gasteiger partial charge in [0.2, 0.25) is 0 Å². The smallest absolute Gasteiger partial charge is 0.0683 e. The lowest BCUT2D eigenvalue weighted by atomic mass is 10.1. The minimum atomic E-state index is -0.348. The van der Waals surface area contributed by atoms with Gasteiger partial charge in [-0.1, -0.05) is 49.4 Å². The van der Waals surface area contributed by atoms with E-state index in [1.54, 1.807) is 0 Å². The van der Waals surface area contributed by atoms with Crippen molar-refractivity contribution in [1.29, 1.82) is 0 Å². The van der Waals surface area contributed by atoms with Gasteiger partial charge in [0.15, 0.2) is 0 Å². The number of benzene rings is 1. The molecule has 1 heteroatoms. The van der Waals surface area contributed by atoms with E-state index in [0.29, 0.717) is 12.8 Å². The van der Waals surface area contributed by atoms with E-state index in [9.17, 15) is 5.11 Å². The Kier molecular flexibility index (Phi) is 6.86. The average molecular weight is 228 g/mol. The molecule has 0 amide bonds. The standard InChI is InChI=1S/C16H20O/c1-2-3-4-8-13-16(17)14-9-12-15-10-6-5-7-11-15/h5-7,9-12,16-17H,2-3,13-14H2,1H3. The fourth-order valence-corrected chi connectivity index (χ4v) is 1.41. The van der Waals surface area contributed by atoms with Crippen molar-refractivity contribution < 1.29 is 5.11 Å². The highest BCUT2D eigenvalue weighted by Gasteiger charge is 1.97. The summed E-state index contributed by atoms with van der Waals surface area (Å²) < 4.78 is 0. The fraction of sp³-hybridized carbons (Fsp3) is 0.375. The van der Waals surface area contributed by atoms with Crippen LogP contribution < -0.4 is 0 Å². The zero-order chi connectivity index (χ0) is 12.3. The maximum absolute atomic E-state index is 9.67. The molecule has 0 saturated heterocycles. The predicted molar refractivity (Wildman–Crippen MR) is 73.4 cm³/mol. The summed E-state index contributed by atoms with van der Waals surface area (Å²) in [6.07, 6.45) is 6.92. The summed E-state index contributed by atoms with van der Waals surface area (Å²) in [5.74, 6) is 6.04. The van der Waals surface area contributed by atoms with Crippen molar-refractivity contribution in [1.82, 2.24) is 0 Å². The molecule has 1 N–H and O–H groups in total. The summed E-state index contributed by atoms with van der Waals surface area (Å²) in [5.41, 5.74) is 1.16. The van der Waals surface area contributed by atoms with Gasteiger partial charge in [0.1, 0.15) is 0 Å². The molecule has 1 aromatic rings. The summed E-state index contributed by atoms with van der Waals surface area (Å²) in [7, 11) is 0. The van der Waals surface area contributed by atoms with Crippen LogP contribution >= 0.6 is 0 Å². The fourth-order valence-electron chi connectivity index (χ4n) is 1.41. The molecule has 0 saturated carbocycles. The molecule has 17 heavy (non-hydrogen) atoms. The van der Waals surface area contributed by atoms with Gasteiger partial charge in [-0.2, -0.15) is 0 Å². The molecule has 0 fully saturated rings. The van der Waals surface area contributed by atoms with Crippen LogP contribution in [0.2, 0.25) is 0 Å². The van der Waals surface area contributed by atoms with E-state index in [1.165, 1.54) is 0 Å². The van der Waals surface area contributed by atoms with E-state index < -0.39 is 0 Å². The van der Waals surface area contributed by atoms with Gasteiger partial charge in [-0.05, 0) is 18.4 Å². The molecule has 0 aliphatic rings. The van der Waals surface area contributed by atoms with Crippen molar-refractivity contribution in [3.63, 3.8) is 0 Å². The van der Waals surface area contributed by atoms with Gasteiger partial charge >= 0.3 is 0 Å². The van der Waals surface area contributed by atoms with Crippen molar-refractivity contribution in [3.8, 4) is 11.8 Å². The highest BCUT2D eigenvalue weighted by molar-refractivity contribution is 5.48. The van der Waals surface area contributed by atoms with Crippen LogP contribution in [0.3, 0.4) is 0 Å². The Morgan fingerprint density at radius 1 is 1.24 bits per heavy atom. The number of rotatable bonds is 5. The molecule has 1 nitrogen and oxygen atoms in total. The first kappa shape index (κ1) is 13.5. The summed E-state index contributed by atoms with van der Waals surface area (Å²) in [6.45, 7) is 2.10. The highest BCUT2D eigenvalue weighted by atomic mass is 16.3. The van der Waals surface area contributed by atoms with Gasteiger partial charge in [-0.25, -0.2) is 0 Å². The van der Waals surface area contributed by atoms with Crippen LogP contribution in [0.1, 0.15) is 38.2 Å². The highest BCUT2D eigenvalue weighted by Crippen LogP contribution is 2.04. The van der Waals surface area contributed by atoms with Crippen LogP contribution in [0, 0.1) is 11.8 Å². The van der Waals surface area contributed by atoms with Gasteiger partial charge in [-0.15, -0.1) is 11.8 Å². The summed E-state index contributed by atoms with van der Waals surface area (Å²) in [4.78, 5) is 0. The zero-order valence-corrected chi connectivity index (χ0v) is 10.4. The first-order valence-electron chi connectivity index (χ1n) is 6.18. The Morgan fingerprint density at radius 3 is 2.71 bits per heavy atom. The number of aliphatic hydroxyl groups is 1. The topological polar surface area (TPSA) is 20.2 Å². The third kappa shape index (κ3) is 6.60. The van der Waals surface area contributed by atoms with Crippen molar-refractivity contribution >= 4 is 6.08 Å². The molecule has 0 aromatic heterocycles. The molecule has 0 radical (unpaired) electrons.